The molecule has 0 aliphatic rings. The largest absolute Gasteiger partial charge is 0.320 e. The van der Waals surface area contributed by atoms with E-state index in [9.17, 15) is 4.79 Å². The van der Waals surface area contributed by atoms with Crippen LogP contribution in [0.1, 0.15) is 38.4 Å². The maximum Gasteiger partial charge on any atom is 0.255 e. The number of amides is 1. The fourth-order valence-corrected chi connectivity index (χ4v) is 2.50. The number of rotatable bonds is 2. The van der Waals surface area contributed by atoms with Crippen molar-refractivity contribution in [1.82, 2.24) is 4.98 Å². The second-order valence-electron chi connectivity index (χ2n) is 5.37. The van der Waals surface area contributed by atoms with Crippen LogP contribution in [-0.2, 0) is 0 Å². The van der Waals surface area contributed by atoms with Gasteiger partial charge in [-0.25, -0.2) is 0 Å². The molecule has 0 aliphatic carbocycles. The van der Waals surface area contributed by atoms with Gasteiger partial charge in [-0.05, 0) is 58.4 Å². The molecule has 0 unspecified atom stereocenters. The Hall–Kier alpha value is -2.16. The molecule has 2 aromatic rings. The molecule has 0 saturated carbocycles. The summed E-state index contributed by atoms with van der Waals surface area (Å²) in [5.74, 6) is -0.0892. The summed E-state index contributed by atoms with van der Waals surface area (Å²) in [5.41, 5.74) is 6.51. The maximum atomic E-state index is 12.4. The zero-order valence-electron chi connectivity index (χ0n) is 12.7. The minimum Gasteiger partial charge on any atom is -0.320 e. The van der Waals surface area contributed by atoms with E-state index < -0.39 is 0 Å². The maximum absolute atomic E-state index is 12.4. The summed E-state index contributed by atoms with van der Waals surface area (Å²) in [6.45, 7) is 9.84. The van der Waals surface area contributed by atoms with Crippen molar-refractivity contribution < 1.29 is 4.79 Å². The number of aryl methyl sites for hydroxylation is 5. The molecule has 1 aromatic carbocycles. The third-order valence-electron chi connectivity index (χ3n) is 3.25. The quantitative estimate of drug-likeness (QED) is 0.898. The average molecular weight is 268 g/mol. The van der Waals surface area contributed by atoms with Gasteiger partial charge in [0.1, 0.15) is 0 Å². The molecule has 1 aromatic heterocycles. The highest BCUT2D eigenvalue weighted by molar-refractivity contribution is 6.05. The lowest BCUT2D eigenvalue weighted by Gasteiger charge is -2.12. The number of anilines is 1. The van der Waals surface area contributed by atoms with Gasteiger partial charge in [0.25, 0.3) is 5.91 Å². The van der Waals surface area contributed by atoms with Crippen LogP contribution >= 0.6 is 0 Å². The summed E-state index contributed by atoms with van der Waals surface area (Å²) in [6, 6.07) is 7.83. The molecule has 0 saturated heterocycles. The van der Waals surface area contributed by atoms with Crippen molar-refractivity contribution in [3.05, 3.63) is 57.9 Å². The van der Waals surface area contributed by atoms with E-state index in [4.69, 9.17) is 0 Å². The lowest BCUT2D eigenvalue weighted by molar-refractivity contribution is 0.102. The van der Waals surface area contributed by atoms with Crippen molar-refractivity contribution in [1.29, 1.82) is 0 Å². The Morgan fingerprint density at radius 3 is 2.10 bits per heavy atom. The highest BCUT2D eigenvalue weighted by Gasteiger charge is 2.11. The first-order valence-electron chi connectivity index (χ1n) is 6.71. The summed E-state index contributed by atoms with van der Waals surface area (Å²) in [7, 11) is 0. The smallest absolute Gasteiger partial charge is 0.255 e. The molecule has 1 heterocycles. The first-order valence-corrected chi connectivity index (χ1v) is 6.71. The van der Waals surface area contributed by atoms with Crippen LogP contribution in [0.5, 0.6) is 0 Å². The molecule has 0 fully saturated rings. The van der Waals surface area contributed by atoms with Gasteiger partial charge in [-0.2, -0.15) is 0 Å². The van der Waals surface area contributed by atoms with Crippen molar-refractivity contribution in [3.63, 3.8) is 0 Å². The Labute approximate surface area is 120 Å². The topological polar surface area (TPSA) is 42.0 Å². The number of hydrogen-bond acceptors (Lipinski definition) is 2. The molecule has 104 valence electrons. The Bertz CT molecular complexity index is 631. The standard InChI is InChI=1S/C17H20N2O/c1-10-6-11(2)8-15(7-10)17(20)19-16-12(3)9-13(4)18-14(16)5/h6-9H,1-5H3,(H,19,20). The molecule has 2 rings (SSSR count). The summed E-state index contributed by atoms with van der Waals surface area (Å²) < 4.78 is 0. The lowest BCUT2D eigenvalue weighted by atomic mass is 10.1. The van der Waals surface area contributed by atoms with E-state index >= 15 is 0 Å². The first-order chi connectivity index (χ1) is 9.36. The Morgan fingerprint density at radius 1 is 0.950 bits per heavy atom. The van der Waals surface area contributed by atoms with Gasteiger partial charge in [0.15, 0.2) is 0 Å². The van der Waals surface area contributed by atoms with Gasteiger partial charge >= 0.3 is 0 Å². The van der Waals surface area contributed by atoms with Gasteiger partial charge < -0.3 is 5.32 Å². The highest BCUT2D eigenvalue weighted by atomic mass is 16.1. The summed E-state index contributed by atoms with van der Waals surface area (Å²) >= 11 is 0. The summed E-state index contributed by atoms with van der Waals surface area (Å²) in [6.07, 6.45) is 0. The zero-order valence-corrected chi connectivity index (χ0v) is 12.7. The van der Waals surface area contributed by atoms with Crippen LogP contribution in [0.2, 0.25) is 0 Å². The molecule has 20 heavy (non-hydrogen) atoms. The van der Waals surface area contributed by atoms with E-state index in [2.05, 4.69) is 16.4 Å². The van der Waals surface area contributed by atoms with Crippen LogP contribution in [-0.4, -0.2) is 10.9 Å². The molecule has 0 aliphatic heterocycles. The van der Waals surface area contributed by atoms with Crippen LogP contribution < -0.4 is 5.32 Å². The molecule has 0 bridgehead atoms. The van der Waals surface area contributed by atoms with Gasteiger partial charge in [-0.15, -0.1) is 0 Å². The van der Waals surface area contributed by atoms with Crippen molar-refractivity contribution in [2.45, 2.75) is 34.6 Å². The van der Waals surface area contributed by atoms with Crippen molar-refractivity contribution in [2.75, 3.05) is 5.32 Å². The van der Waals surface area contributed by atoms with E-state index in [0.717, 1.165) is 33.8 Å². The molecule has 0 radical (unpaired) electrons. The minimum atomic E-state index is -0.0892. The number of carbonyl (C=O) groups excluding carboxylic acids is 1. The number of pyridine rings is 1. The van der Waals surface area contributed by atoms with E-state index in [-0.39, 0.29) is 5.91 Å². The molecule has 1 amide bonds. The number of carbonyl (C=O) groups is 1. The second kappa shape index (κ2) is 5.45. The van der Waals surface area contributed by atoms with Gasteiger partial charge in [-0.1, -0.05) is 17.2 Å². The van der Waals surface area contributed by atoms with Crippen LogP contribution in [0.25, 0.3) is 0 Å². The zero-order chi connectivity index (χ0) is 14.9. The number of benzene rings is 1. The number of nitrogens with zero attached hydrogens (tertiary/aromatic N) is 1. The van der Waals surface area contributed by atoms with Crippen LogP contribution in [0.4, 0.5) is 5.69 Å². The summed E-state index contributed by atoms with van der Waals surface area (Å²) in [4.78, 5) is 16.8. The predicted octanol–water partition coefficient (Wildman–Crippen LogP) is 3.88. The molecule has 0 spiro atoms. The summed E-state index contributed by atoms with van der Waals surface area (Å²) in [5, 5.41) is 2.98. The molecule has 3 nitrogen and oxygen atoms in total. The third kappa shape index (κ3) is 3.05. The van der Waals surface area contributed by atoms with Gasteiger partial charge in [0.05, 0.1) is 11.4 Å². The van der Waals surface area contributed by atoms with Gasteiger partial charge in [0, 0.05) is 11.3 Å². The first kappa shape index (κ1) is 14.3. The SMILES string of the molecule is Cc1cc(C)cc(C(=O)Nc2c(C)cc(C)nc2C)c1. The average Bonchev–Trinajstić information content (AvgIpc) is 2.32. The van der Waals surface area contributed by atoms with Gasteiger partial charge in [-0.3, -0.25) is 9.78 Å². The Morgan fingerprint density at radius 2 is 1.55 bits per heavy atom. The fraction of sp³-hybridized carbons (Fsp3) is 0.294. The lowest BCUT2D eigenvalue weighted by Crippen LogP contribution is -2.15. The van der Waals surface area contributed by atoms with Crippen LogP contribution in [0.15, 0.2) is 24.3 Å². The molecule has 1 N–H and O–H groups in total. The third-order valence-corrected chi connectivity index (χ3v) is 3.25. The predicted molar refractivity (Wildman–Crippen MR) is 82.3 cm³/mol. The van der Waals surface area contributed by atoms with E-state index in [0.29, 0.717) is 5.56 Å². The molecule has 0 atom stereocenters. The Kier molecular flexibility index (Phi) is 3.89. The van der Waals surface area contributed by atoms with Crippen molar-refractivity contribution in [2.24, 2.45) is 0 Å². The highest BCUT2D eigenvalue weighted by Crippen LogP contribution is 2.20. The number of aromatic nitrogens is 1. The normalized spacial score (nSPS) is 10.4. The van der Waals surface area contributed by atoms with Crippen molar-refractivity contribution in [3.8, 4) is 0 Å². The minimum absolute atomic E-state index is 0.0892. The van der Waals surface area contributed by atoms with Crippen LogP contribution in [0, 0.1) is 34.6 Å². The molecule has 3 heteroatoms. The second-order valence-corrected chi connectivity index (χ2v) is 5.37. The number of nitrogens with one attached hydrogen (secondary N) is 1. The molecular formula is C17H20N2O. The van der Waals surface area contributed by atoms with E-state index in [1.54, 1.807) is 0 Å². The van der Waals surface area contributed by atoms with E-state index in [1.165, 1.54) is 0 Å². The monoisotopic (exact) mass is 268 g/mol. The fourth-order valence-electron chi connectivity index (χ4n) is 2.50. The van der Waals surface area contributed by atoms with Gasteiger partial charge in [0.2, 0.25) is 0 Å². The molecular weight excluding hydrogens is 248 g/mol. The van der Waals surface area contributed by atoms with E-state index in [1.807, 2.05) is 52.8 Å². The van der Waals surface area contributed by atoms with Crippen molar-refractivity contribution >= 4 is 11.6 Å². The van der Waals surface area contributed by atoms with Crippen LogP contribution in [0.3, 0.4) is 0 Å². The Balaban J connectivity index is 2.32. The number of hydrogen-bond donors (Lipinski definition) is 1.